The van der Waals surface area contributed by atoms with E-state index in [1.807, 2.05) is 0 Å². The Morgan fingerprint density at radius 3 is 2.35 bits per heavy atom. The number of benzene rings is 1. The molecular weight excluding hydrogens is 384 g/mol. The number of carbonyl (C=O) groups excluding carboxylic acids is 1. The average molecular weight is 395 g/mol. The van der Waals surface area contributed by atoms with E-state index in [0.29, 0.717) is 10.7 Å². The zero-order chi connectivity index (χ0) is 17.2. The summed E-state index contributed by atoms with van der Waals surface area (Å²) in [5.74, 6) is -0.585. The predicted molar refractivity (Wildman–Crippen MR) is 91.1 cm³/mol. The molecule has 122 valence electrons. The van der Waals surface area contributed by atoms with Crippen LogP contribution in [0.5, 0.6) is 0 Å². The molecular formula is C13H11Cl4N5O. The Labute approximate surface area is 152 Å². The number of tetrazole rings is 1. The second-order valence-electron chi connectivity index (χ2n) is 4.72. The Hall–Kier alpha value is -1.34. The maximum absolute atomic E-state index is 12.4. The van der Waals surface area contributed by atoms with Gasteiger partial charge >= 0.3 is 0 Å². The highest BCUT2D eigenvalue weighted by atomic mass is 35.6. The Balaban J connectivity index is 2.56. The third kappa shape index (κ3) is 4.35. The van der Waals surface area contributed by atoms with Gasteiger partial charge in [-0.2, -0.15) is 4.68 Å². The van der Waals surface area contributed by atoms with Gasteiger partial charge in [-0.15, -0.1) is 5.10 Å². The van der Waals surface area contributed by atoms with Crippen molar-refractivity contribution in [1.82, 2.24) is 25.1 Å². The van der Waals surface area contributed by atoms with Crippen LogP contribution in [0.3, 0.4) is 0 Å². The summed E-state index contributed by atoms with van der Waals surface area (Å²) in [5.41, 5.74) is 0.672. The number of alkyl halides is 3. The molecule has 0 saturated heterocycles. The largest absolute Gasteiger partial charge is 0.383 e. The van der Waals surface area contributed by atoms with Crippen LogP contribution in [0.25, 0.3) is 11.3 Å². The van der Waals surface area contributed by atoms with Crippen molar-refractivity contribution < 1.29 is 4.79 Å². The molecule has 2 rings (SSSR count). The van der Waals surface area contributed by atoms with Gasteiger partial charge in [-0.1, -0.05) is 46.4 Å². The number of carbonyl (C=O) groups is 1. The van der Waals surface area contributed by atoms with Gasteiger partial charge in [0.05, 0.1) is 11.3 Å². The number of Topliss-reactive ketones (excluding diaryl/α,β-unsaturated/α-hetero) is 1. The summed E-state index contributed by atoms with van der Waals surface area (Å²) >= 11 is 23.0. The van der Waals surface area contributed by atoms with Gasteiger partial charge in [0.1, 0.15) is 0 Å². The lowest BCUT2D eigenvalue weighted by Crippen LogP contribution is -2.23. The van der Waals surface area contributed by atoms with Crippen LogP contribution in [-0.2, 0) is 4.79 Å². The lowest BCUT2D eigenvalue weighted by atomic mass is 10.1. The summed E-state index contributed by atoms with van der Waals surface area (Å²) in [6, 6.07) is 6.76. The lowest BCUT2D eigenvalue weighted by Gasteiger charge is -2.15. The summed E-state index contributed by atoms with van der Waals surface area (Å²) in [6.07, 6.45) is 1.49. The smallest absolute Gasteiger partial charge is 0.253 e. The fourth-order valence-corrected chi connectivity index (χ4v) is 2.17. The molecule has 0 N–H and O–H groups in total. The Morgan fingerprint density at radius 2 is 1.83 bits per heavy atom. The van der Waals surface area contributed by atoms with Gasteiger partial charge in [-0.25, -0.2) is 0 Å². The van der Waals surface area contributed by atoms with Crippen LogP contribution in [0.15, 0.2) is 30.5 Å². The molecule has 0 fully saturated rings. The average Bonchev–Trinajstić information content (AvgIpc) is 2.92. The second kappa shape index (κ2) is 7.05. The maximum Gasteiger partial charge on any atom is 0.253 e. The molecule has 10 heteroatoms. The molecule has 6 nitrogen and oxygen atoms in total. The van der Waals surface area contributed by atoms with E-state index in [4.69, 9.17) is 46.4 Å². The number of allylic oxidation sites excluding steroid dienone is 1. The van der Waals surface area contributed by atoms with Gasteiger partial charge in [-0.3, -0.25) is 4.79 Å². The zero-order valence-electron chi connectivity index (χ0n) is 12.0. The summed E-state index contributed by atoms with van der Waals surface area (Å²) in [6.45, 7) is 0. The van der Waals surface area contributed by atoms with Crippen molar-refractivity contribution in [3.8, 4) is 5.69 Å². The normalized spacial score (nSPS) is 12.3. The summed E-state index contributed by atoms with van der Waals surface area (Å²) in [5, 5.41) is 11.9. The molecule has 1 aromatic carbocycles. The number of ketones is 1. The molecule has 0 spiro atoms. The van der Waals surface area contributed by atoms with E-state index in [2.05, 4.69) is 15.5 Å². The van der Waals surface area contributed by atoms with E-state index >= 15 is 0 Å². The minimum atomic E-state index is -2.13. The van der Waals surface area contributed by atoms with E-state index < -0.39 is 9.58 Å². The zero-order valence-corrected chi connectivity index (χ0v) is 15.1. The first-order valence-corrected chi connectivity index (χ1v) is 7.76. The van der Waals surface area contributed by atoms with E-state index in [9.17, 15) is 4.79 Å². The molecule has 0 saturated carbocycles. The van der Waals surface area contributed by atoms with E-state index in [1.54, 1.807) is 43.3 Å². The molecule has 0 radical (unpaired) electrons. The van der Waals surface area contributed by atoms with Gasteiger partial charge in [0, 0.05) is 25.3 Å². The van der Waals surface area contributed by atoms with Crippen LogP contribution in [0.4, 0.5) is 0 Å². The molecule has 0 unspecified atom stereocenters. The lowest BCUT2D eigenvalue weighted by molar-refractivity contribution is -0.113. The molecule has 0 aliphatic carbocycles. The topological polar surface area (TPSA) is 63.9 Å². The minimum absolute atomic E-state index is 0.0648. The van der Waals surface area contributed by atoms with Crippen LogP contribution in [-0.4, -0.2) is 48.8 Å². The summed E-state index contributed by atoms with van der Waals surface area (Å²) in [4.78, 5) is 14.0. The van der Waals surface area contributed by atoms with Gasteiger partial charge in [0.25, 0.3) is 3.79 Å². The summed E-state index contributed by atoms with van der Waals surface area (Å²) < 4.78 is -0.765. The molecule has 0 amide bonds. The standard InChI is InChI=1S/C13H11Cl4N5O/c1-21(2)7-10(11(23)13(15,16)17)12-18-19-20-22(12)9-5-3-8(14)4-6-9/h3-7H,1-2H3/b10-7-. The first kappa shape index (κ1) is 18.0. The van der Waals surface area contributed by atoms with Crippen LogP contribution in [0.1, 0.15) is 5.82 Å². The highest BCUT2D eigenvalue weighted by Crippen LogP contribution is 2.33. The second-order valence-corrected chi connectivity index (χ2v) is 7.44. The van der Waals surface area contributed by atoms with Gasteiger partial charge < -0.3 is 4.90 Å². The number of aromatic nitrogens is 4. The van der Waals surface area contributed by atoms with E-state index in [0.717, 1.165) is 0 Å². The molecule has 0 bridgehead atoms. The third-order valence-electron chi connectivity index (χ3n) is 2.67. The van der Waals surface area contributed by atoms with Crippen molar-refractivity contribution in [3.63, 3.8) is 0 Å². The number of hydrogen-bond acceptors (Lipinski definition) is 5. The highest BCUT2D eigenvalue weighted by Gasteiger charge is 2.36. The van der Waals surface area contributed by atoms with Crippen LogP contribution >= 0.6 is 46.4 Å². The first-order valence-electron chi connectivity index (χ1n) is 6.24. The molecule has 1 heterocycles. The Kier molecular flexibility index (Phi) is 5.52. The quantitative estimate of drug-likeness (QED) is 0.588. The van der Waals surface area contributed by atoms with Gasteiger partial charge in [0.15, 0.2) is 5.82 Å². The number of halogens is 4. The molecule has 0 aliphatic rings. The van der Waals surface area contributed by atoms with Crippen LogP contribution < -0.4 is 0 Å². The van der Waals surface area contributed by atoms with Crippen LogP contribution in [0.2, 0.25) is 5.02 Å². The van der Waals surface area contributed by atoms with Gasteiger partial charge in [-0.05, 0) is 34.7 Å². The SMILES string of the molecule is CN(C)/C=C(/C(=O)C(Cl)(Cl)Cl)c1nnnn1-c1ccc(Cl)cc1. The molecule has 0 atom stereocenters. The highest BCUT2D eigenvalue weighted by molar-refractivity contribution is 6.79. The van der Waals surface area contributed by atoms with E-state index in [-0.39, 0.29) is 11.4 Å². The molecule has 1 aromatic heterocycles. The van der Waals surface area contributed by atoms with Crippen molar-refractivity contribution in [2.75, 3.05) is 14.1 Å². The van der Waals surface area contributed by atoms with Crippen molar-refractivity contribution in [1.29, 1.82) is 0 Å². The number of hydrogen-bond donors (Lipinski definition) is 0. The monoisotopic (exact) mass is 393 g/mol. The third-order valence-corrected chi connectivity index (χ3v) is 3.44. The van der Waals surface area contributed by atoms with Gasteiger partial charge in [0.2, 0.25) is 5.78 Å². The fraction of sp³-hybridized carbons (Fsp3) is 0.231. The minimum Gasteiger partial charge on any atom is -0.383 e. The van der Waals surface area contributed by atoms with Crippen molar-refractivity contribution >= 4 is 57.8 Å². The number of nitrogens with zero attached hydrogens (tertiary/aromatic N) is 5. The fourth-order valence-electron chi connectivity index (χ4n) is 1.74. The predicted octanol–water partition coefficient (Wildman–Crippen LogP) is 3.16. The van der Waals surface area contributed by atoms with Crippen LogP contribution in [0, 0.1) is 0 Å². The molecule has 0 aliphatic heterocycles. The molecule has 2 aromatic rings. The first-order chi connectivity index (χ1) is 10.7. The Bertz CT molecular complexity index is 734. The summed E-state index contributed by atoms with van der Waals surface area (Å²) in [7, 11) is 3.45. The van der Waals surface area contributed by atoms with E-state index in [1.165, 1.54) is 10.9 Å². The van der Waals surface area contributed by atoms with Crippen molar-refractivity contribution in [2.24, 2.45) is 0 Å². The molecule has 23 heavy (non-hydrogen) atoms. The maximum atomic E-state index is 12.4. The number of rotatable bonds is 4. The Morgan fingerprint density at radius 1 is 1.22 bits per heavy atom. The van der Waals surface area contributed by atoms with Crippen molar-refractivity contribution in [3.05, 3.63) is 41.3 Å². The van der Waals surface area contributed by atoms with Crippen molar-refractivity contribution in [2.45, 2.75) is 3.79 Å².